The first kappa shape index (κ1) is 17.4. The molecule has 0 saturated heterocycles. The zero-order chi connectivity index (χ0) is 16.0. The van der Waals surface area contributed by atoms with Crippen LogP contribution in [0.1, 0.15) is 30.9 Å². The van der Waals surface area contributed by atoms with Crippen LogP contribution in [0.4, 0.5) is 13.2 Å². The summed E-state index contributed by atoms with van der Waals surface area (Å²) in [6.45, 7) is 0. The van der Waals surface area contributed by atoms with E-state index in [2.05, 4.69) is 0 Å². The maximum absolute atomic E-state index is 12.1. The van der Waals surface area contributed by atoms with Gasteiger partial charge in [0.05, 0.1) is 27.4 Å². The van der Waals surface area contributed by atoms with Gasteiger partial charge in [0.2, 0.25) is 5.75 Å². The summed E-state index contributed by atoms with van der Waals surface area (Å²) in [5.41, 5.74) is 0.373. The van der Waals surface area contributed by atoms with Crippen molar-refractivity contribution in [1.29, 1.82) is 0 Å². The number of ether oxygens (including phenoxy) is 3. The van der Waals surface area contributed by atoms with E-state index in [0.717, 1.165) is 0 Å². The lowest BCUT2D eigenvalue weighted by atomic mass is 10.0. The minimum absolute atomic E-state index is 0.0225. The van der Waals surface area contributed by atoms with Gasteiger partial charge in [-0.3, -0.25) is 0 Å². The minimum atomic E-state index is -4.22. The van der Waals surface area contributed by atoms with E-state index in [4.69, 9.17) is 14.2 Å². The predicted molar refractivity (Wildman–Crippen MR) is 71.0 cm³/mol. The molecule has 0 bridgehead atoms. The van der Waals surface area contributed by atoms with Gasteiger partial charge in [0.1, 0.15) is 0 Å². The second kappa shape index (κ2) is 7.40. The van der Waals surface area contributed by atoms with Crippen LogP contribution in [0.3, 0.4) is 0 Å². The Balaban J connectivity index is 2.91. The monoisotopic (exact) mass is 308 g/mol. The number of benzene rings is 1. The zero-order valence-corrected chi connectivity index (χ0v) is 12.2. The van der Waals surface area contributed by atoms with Crippen molar-refractivity contribution in [3.05, 3.63) is 17.7 Å². The van der Waals surface area contributed by atoms with Gasteiger partial charge in [-0.15, -0.1) is 0 Å². The number of aliphatic hydroxyl groups is 1. The zero-order valence-electron chi connectivity index (χ0n) is 12.2. The molecule has 0 aromatic heterocycles. The summed E-state index contributed by atoms with van der Waals surface area (Å²) in [6, 6.07) is 3.13. The van der Waals surface area contributed by atoms with Crippen LogP contribution in [0, 0.1) is 0 Å². The summed E-state index contributed by atoms with van der Waals surface area (Å²) in [4.78, 5) is 0. The van der Waals surface area contributed by atoms with Gasteiger partial charge in [0.25, 0.3) is 0 Å². The van der Waals surface area contributed by atoms with Crippen molar-refractivity contribution in [2.75, 3.05) is 21.3 Å². The SMILES string of the molecule is COc1ccc(C(O)CCCC(F)(F)F)c(OC)c1OC. The van der Waals surface area contributed by atoms with E-state index in [1.807, 2.05) is 0 Å². The third kappa shape index (κ3) is 4.70. The van der Waals surface area contributed by atoms with Gasteiger partial charge in [-0.2, -0.15) is 13.2 Å². The van der Waals surface area contributed by atoms with Gasteiger partial charge in [0, 0.05) is 12.0 Å². The highest BCUT2D eigenvalue weighted by molar-refractivity contribution is 5.56. The standard InChI is InChI=1S/C14H19F3O4/c1-19-11-7-6-9(12(20-2)13(11)21-3)10(18)5-4-8-14(15,16)17/h6-7,10,18H,4-5,8H2,1-3H3. The summed E-state index contributed by atoms with van der Waals surface area (Å²) in [5, 5.41) is 10.1. The Morgan fingerprint density at radius 1 is 1.05 bits per heavy atom. The molecule has 1 rings (SSSR count). The van der Waals surface area contributed by atoms with Crippen molar-refractivity contribution in [1.82, 2.24) is 0 Å². The first-order valence-corrected chi connectivity index (χ1v) is 6.37. The Morgan fingerprint density at radius 3 is 2.14 bits per heavy atom. The molecule has 0 aliphatic carbocycles. The molecule has 1 aromatic carbocycles. The van der Waals surface area contributed by atoms with E-state index in [1.54, 1.807) is 12.1 Å². The average Bonchev–Trinajstić information content (AvgIpc) is 2.43. The number of methoxy groups -OCH3 is 3. The first-order chi connectivity index (χ1) is 9.84. The van der Waals surface area contributed by atoms with Crippen molar-refractivity contribution < 1.29 is 32.5 Å². The number of hydrogen-bond donors (Lipinski definition) is 1. The van der Waals surface area contributed by atoms with E-state index in [1.165, 1.54) is 21.3 Å². The molecule has 0 saturated carbocycles. The van der Waals surface area contributed by atoms with Gasteiger partial charge in [-0.25, -0.2) is 0 Å². The molecule has 0 amide bonds. The maximum atomic E-state index is 12.1. The van der Waals surface area contributed by atoms with Gasteiger partial charge < -0.3 is 19.3 Å². The van der Waals surface area contributed by atoms with Crippen LogP contribution >= 0.6 is 0 Å². The molecule has 1 atom stereocenters. The summed E-state index contributed by atoms with van der Waals surface area (Å²) in [5.74, 6) is 0.976. The van der Waals surface area contributed by atoms with Crippen LogP contribution in [0.15, 0.2) is 12.1 Å². The van der Waals surface area contributed by atoms with Crippen LogP contribution in [-0.2, 0) is 0 Å². The molecule has 1 unspecified atom stereocenters. The highest BCUT2D eigenvalue weighted by Gasteiger charge is 2.27. The van der Waals surface area contributed by atoms with Crippen LogP contribution < -0.4 is 14.2 Å². The molecule has 21 heavy (non-hydrogen) atoms. The number of rotatable bonds is 7. The Bertz CT molecular complexity index is 460. The van der Waals surface area contributed by atoms with Crippen molar-refractivity contribution in [2.45, 2.75) is 31.5 Å². The van der Waals surface area contributed by atoms with E-state index in [-0.39, 0.29) is 18.6 Å². The highest BCUT2D eigenvalue weighted by atomic mass is 19.4. The number of alkyl halides is 3. The molecule has 120 valence electrons. The van der Waals surface area contributed by atoms with Crippen LogP contribution in [0.25, 0.3) is 0 Å². The van der Waals surface area contributed by atoms with E-state index in [9.17, 15) is 18.3 Å². The van der Waals surface area contributed by atoms with E-state index >= 15 is 0 Å². The summed E-state index contributed by atoms with van der Waals surface area (Å²) in [6.07, 6.45) is -6.41. The third-order valence-electron chi connectivity index (χ3n) is 3.03. The molecule has 0 spiro atoms. The first-order valence-electron chi connectivity index (χ1n) is 6.37. The second-order valence-corrected chi connectivity index (χ2v) is 4.45. The molecule has 4 nitrogen and oxygen atoms in total. The molecule has 0 aliphatic heterocycles. The third-order valence-corrected chi connectivity index (χ3v) is 3.03. The van der Waals surface area contributed by atoms with E-state index in [0.29, 0.717) is 17.1 Å². The summed E-state index contributed by atoms with van der Waals surface area (Å²) >= 11 is 0. The molecule has 0 heterocycles. The fraction of sp³-hybridized carbons (Fsp3) is 0.571. The smallest absolute Gasteiger partial charge is 0.389 e. The fourth-order valence-electron chi connectivity index (χ4n) is 2.04. The molecular weight excluding hydrogens is 289 g/mol. The Kier molecular flexibility index (Phi) is 6.14. The highest BCUT2D eigenvalue weighted by Crippen LogP contribution is 2.43. The Morgan fingerprint density at radius 2 is 1.67 bits per heavy atom. The van der Waals surface area contributed by atoms with Crippen LogP contribution in [-0.4, -0.2) is 32.6 Å². The lowest BCUT2D eigenvalue weighted by molar-refractivity contribution is -0.136. The quantitative estimate of drug-likeness (QED) is 0.838. The molecule has 0 fully saturated rings. The van der Waals surface area contributed by atoms with Crippen LogP contribution in [0.2, 0.25) is 0 Å². The van der Waals surface area contributed by atoms with Gasteiger partial charge in [-0.1, -0.05) is 0 Å². The van der Waals surface area contributed by atoms with Gasteiger partial charge in [0.15, 0.2) is 11.5 Å². The predicted octanol–water partition coefficient (Wildman–Crippen LogP) is 3.48. The molecular formula is C14H19F3O4. The molecule has 0 aliphatic rings. The summed E-state index contributed by atoms with van der Waals surface area (Å²) < 4.78 is 51.8. The second-order valence-electron chi connectivity index (χ2n) is 4.45. The number of hydrogen-bond acceptors (Lipinski definition) is 4. The topological polar surface area (TPSA) is 47.9 Å². The minimum Gasteiger partial charge on any atom is -0.493 e. The van der Waals surface area contributed by atoms with Gasteiger partial charge in [-0.05, 0) is 25.0 Å². The summed E-state index contributed by atoms with van der Waals surface area (Å²) in [7, 11) is 4.26. The van der Waals surface area contributed by atoms with Crippen molar-refractivity contribution in [3.63, 3.8) is 0 Å². The van der Waals surface area contributed by atoms with E-state index < -0.39 is 18.7 Å². The van der Waals surface area contributed by atoms with Crippen molar-refractivity contribution in [3.8, 4) is 17.2 Å². The van der Waals surface area contributed by atoms with Gasteiger partial charge >= 0.3 is 6.18 Å². The number of aliphatic hydroxyl groups excluding tert-OH is 1. The van der Waals surface area contributed by atoms with Crippen molar-refractivity contribution >= 4 is 0 Å². The Hall–Kier alpha value is -1.63. The lowest BCUT2D eigenvalue weighted by Crippen LogP contribution is -2.09. The largest absolute Gasteiger partial charge is 0.493 e. The lowest BCUT2D eigenvalue weighted by Gasteiger charge is -2.19. The average molecular weight is 308 g/mol. The Labute approximate surface area is 121 Å². The maximum Gasteiger partial charge on any atom is 0.389 e. The fourth-order valence-corrected chi connectivity index (χ4v) is 2.04. The van der Waals surface area contributed by atoms with Crippen LogP contribution in [0.5, 0.6) is 17.2 Å². The normalized spacial score (nSPS) is 12.9. The molecule has 1 aromatic rings. The van der Waals surface area contributed by atoms with Crippen molar-refractivity contribution in [2.24, 2.45) is 0 Å². The molecule has 0 radical (unpaired) electrons. The molecule has 7 heteroatoms. The molecule has 1 N–H and O–H groups in total. The number of halogens is 3.